The Morgan fingerprint density at radius 3 is 2.67 bits per heavy atom. The Labute approximate surface area is 92.9 Å². The fourth-order valence-electron chi connectivity index (χ4n) is 1.78. The number of benzene rings is 1. The van der Waals surface area contributed by atoms with Gasteiger partial charge in [-0.2, -0.15) is 0 Å². The first-order valence-corrected chi connectivity index (χ1v) is 5.99. The van der Waals surface area contributed by atoms with Crippen LogP contribution in [0, 0.1) is 6.92 Å². The minimum Gasteiger partial charge on any atom is -0.310 e. The van der Waals surface area contributed by atoms with Crippen molar-refractivity contribution in [3.05, 3.63) is 34.9 Å². The highest BCUT2D eigenvalue weighted by Gasteiger charge is 2.20. The zero-order chi connectivity index (χ0) is 10.8. The van der Waals surface area contributed by atoms with Gasteiger partial charge in [0, 0.05) is 12.6 Å². The molecule has 0 radical (unpaired) electrons. The van der Waals surface area contributed by atoms with Crippen molar-refractivity contribution >= 4 is 0 Å². The van der Waals surface area contributed by atoms with Crippen molar-refractivity contribution in [2.75, 3.05) is 0 Å². The first-order valence-electron chi connectivity index (χ1n) is 5.99. The molecule has 0 spiro atoms. The van der Waals surface area contributed by atoms with Gasteiger partial charge in [0.2, 0.25) is 0 Å². The molecule has 1 aliphatic carbocycles. The molecule has 0 aromatic heterocycles. The van der Waals surface area contributed by atoms with E-state index in [0.29, 0.717) is 5.92 Å². The van der Waals surface area contributed by atoms with Crippen LogP contribution in [-0.2, 0) is 6.54 Å². The highest BCUT2D eigenvalue weighted by molar-refractivity contribution is 5.32. The van der Waals surface area contributed by atoms with E-state index in [1.165, 1.54) is 29.5 Å². The Morgan fingerprint density at radius 1 is 1.33 bits per heavy atom. The summed E-state index contributed by atoms with van der Waals surface area (Å²) < 4.78 is 0. The van der Waals surface area contributed by atoms with Gasteiger partial charge in [-0.05, 0) is 42.4 Å². The normalized spacial score (nSPS) is 16.0. The molecule has 1 aliphatic rings. The van der Waals surface area contributed by atoms with Crippen LogP contribution < -0.4 is 5.32 Å². The van der Waals surface area contributed by atoms with Crippen molar-refractivity contribution in [2.24, 2.45) is 0 Å². The Hall–Kier alpha value is -0.820. The molecule has 1 nitrogen and oxygen atoms in total. The lowest BCUT2D eigenvalue weighted by Gasteiger charge is -2.11. The summed E-state index contributed by atoms with van der Waals surface area (Å²) in [7, 11) is 0. The van der Waals surface area contributed by atoms with Crippen LogP contribution in [0.3, 0.4) is 0 Å². The number of hydrogen-bond acceptors (Lipinski definition) is 1. The quantitative estimate of drug-likeness (QED) is 0.791. The third kappa shape index (κ3) is 2.82. The summed E-state index contributed by atoms with van der Waals surface area (Å²) >= 11 is 0. The van der Waals surface area contributed by atoms with Gasteiger partial charge >= 0.3 is 0 Å². The summed E-state index contributed by atoms with van der Waals surface area (Å²) in [5.41, 5.74) is 4.33. The summed E-state index contributed by atoms with van der Waals surface area (Å²) in [6.45, 7) is 7.75. The van der Waals surface area contributed by atoms with Crippen LogP contribution in [0.1, 0.15) is 49.3 Å². The van der Waals surface area contributed by atoms with Crippen LogP contribution in [0.15, 0.2) is 18.2 Å². The van der Waals surface area contributed by atoms with Gasteiger partial charge in [0.05, 0.1) is 0 Å². The fourth-order valence-corrected chi connectivity index (χ4v) is 1.78. The molecule has 0 amide bonds. The van der Waals surface area contributed by atoms with Crippen LogP contribution >= 0.6 is 0 Å². The second-order valence-electron chi connectivity index (χ2n) is 5.00. The Kier molecular flexibility index (Phi) is 3.11. The second kappa shape index (κ2) is 4.36. The van der Waals surface area contributed by atoms with E-state index in [-0.39, 0.29) is 0 Å². The van der Waals surface area contributed by atoms with Gasteiger partial charge in [-0.25, -0.2) is 0 Å². The molecule has 0 atom stereocenters. The van der Waals surface area contributed by atoms with Crippen molar-refractivity contribution in [1.82, 2.24) is 5.32 Å². The van der Waals surface area contributed by atoms with Gasteiger partial charge in [-0.15, -0.1) is 0 Å². The summed E-state index contributed by atoms with van der Waals surface area (Å²) in [6.07, 6.45) is 2.73. The molecule has 82 valence electrons. The van der Waals surface area contributed by atoms with E-state index in [9.17, 15) is 0 Å². The summed E-state index contributed by atoms with van der Waals surface area (Å²) in [4.78, 5) is 0. The molecule has 1 N–H and O–H groups in total. The van der Waals surface area contributed by atoms with Crippen molar-refractivity contribution in [2.45, 2.75) is 52.1 Å². The molecule has 0 bridgehead atoms. The average molecular weight is 203 g/mol. The zero-order valence-electron chi connectivity index (χ0n) is 10.0. The zero-order valence-corrected chi connectivity index (χ0v) is 10.0. The van der Waals surface area contributed by atoms with Gasteiger partial charge in [-0.3, -0.25) is 0 Å². The predicted molar refractivity (Wildman–Crippen MR) is 65.1 cm³/mol. The van der Waals surface area contributed by atoms with E-state index in [4.69, 9.17) is 0 Å². The monoisotopic (exact) mass is 203 g/mol. The van der Waals surface area contributed by atoms with Gasteiger partial charge in [-0.1, -0.05) is 32.0 Å². The molecule has 1 heteroatoms. The lowest BCUT2D eigenvalue weighted by Crippen LogP contribution is -2.16. The van der Waals surface area contributed by atoms with Gasteiger partial charge in [0.1, 0.15) is 0 Å². The maximum atomic E-state index is 3.58. The largest absolute Gasteiger partial charge is 0.310 e. The summed E-state index contributed by atoms with van der Waals surface area (Å²) in [5, 5.41) is 3.58. The van der Waals surface area contributed by atoms with Crippen molar-refractivity contribution in [3.63, 3.8) is 0 Å². The molecule has 0 heterocycles. The molecule has 1 saturated carbocycles. The minimum absolute atomic E-state index is 0.630. The van der Waals surface area contributed by atoms with Crippen LogP contribution in [0.4, 0.5) is 0 Å². The lowest BCUT2D eigenvalue weighted by molar-refractivity contribution is 0.683. The number of rotatable bonds is 4. The molecular formula is C14H21N. The molecule has 0 unspecified atom stereocenters. The molecule has 1 aromatic rings. The average Bonchev–Trinajstić information content (AvgIpc) is 3.00. The first kappa shape index (κ1) is 10.7. The van der Waals surface area contributed by atoms with E-state index in [1.807, 2.05) is 0 Å². The van der Waals surface area contributed by atoms with E-state index in [0.717, 1.165) is 12.6 Å². The van der Waals surface area contributed by atoms with E-state index in [1.54, 1.807) is 0 Å². The van der Waals surface area contributed by atoms with Gasteiger partial charge < -0.3 is 5.32 Å². The number of nitrogens with one attached hydrogen (secondary N) is 1. The van der Waals surface area contributed by atoms with Crippen LogP contribution in [-0.4, -0.2) is 6.04 Å². The molecule has 0 saturated heterocycles. The smallest absolute Gasteiger partial charge is 0.0210 e. The van der Waals surface area contributed by atoms with Crippen molar-refractivity contribution < 1.29 is 0 Å². The first-order chi connectivity index (χ1) is 7.16. The third-order valence-corrected chi connectivity index (χ3v) is 3.20. The minimum atomic E-state index is 0.630. The Bertz CT molecular complexity index is 337. The maximum absolute atomic E-state index is 3.58. The number of hydrogen-bond donors (Lipinski definition) is 1. The van der Waals surface area contributed by atoms with Gasteiger partial charge in [0.15, 0.2) is 0 Å². The van der Waals surface area contributed by atoms with Crippen molar-refractivity contribution in [3.8, 4) is 0 Å². The molecule has 0 aliphatic heterocycles. The highest BCUT2D eigenvalue weighted by Crippen LogP contribution is 2.22. The molecule has 1 fully saturated rings. The molecule has 1 aromatic carbocycles. The highest BCUT2D eigenvalue weighted by atomic mass is 14.9. The molecule has 15 heavy (non-hydrogen) atoms. The van der Waals surface area contributed by atoms with E-state index in [2.05, 4.69) is 44.3 Å². The topological polar surface area (TPSA) is 12.0 Å². The SMILES string of the molecule is Cc1ccc(C(C)C)cc1CNC1CC1. The van der Waals surface area contributed by atoms with Gasteiger partial charge in [0.25, 0.3) is 0 Å². The lowest BCUT2D eigenvalue weighted by atomic mass is 9.98. The Morgan fingerprint density at radius 2 is 2.07 bits per heavy atom. The maximum Gasteiger partial charge on any atom is 0.0210 e. The Balaban J connectivity index is 2.08. The van der Waals surface area contributed by atoms with Crippen LogP contribution in [0.25, 0.3) is 0 Å². The molecular weight excluding hydrogens is 182 g/mol. The van der Waals surface area contributed by atoms with Crippen molar-refractivity contribution in [1.29, 1.82) is 0 Å². The van der Waals surface area contributed by atoms with E-state index < -0.39 is 0 Å². The van der Waals surface area contributed by atoms with E-state index >= 15 is 0 Å². The summed E-state index contributed by atoms with van der Waals surface area (Å²) in [5.74, 6) is 0.630. The standard InChI is InChI=1S/C14H21N/c1-10(2)12-5-4-11(3)13(8-12)9-15-14-6-7-14/h4-5,8,10,14-15H,6-7,9H2,1-3H3. The third-order valence-electron chi connectivity index (χ3n) is 3.20. The fraction of sp³-hybridized carbons (Fsp3) is 0.571. The molecule has 2 rings (SSSR count). The predicted octanol–water partition coefficient (Wildman–Crippen LogP) is 3.37. The number of aryl methyl sites for hydroxylation is 1. The van der Waals surface area contributed by atoms with Crippen LogP contribution in [0.5, 0.6) is 0 Å². The van der Waals surface area contributed by atoms with Crippen LogP contribution in [0.2, 0.25) is 0 Å². The summed E-state index contributed by atoms with van der Waals surface area (Å²) in [6, 6.07) is 7.65. The second-order valence-corrected chi connectivity index (χ2v) is 5.00.